The third kappa shape index (κ3) is 3.68. The first kappa shape index (κ1) is 18.3. The Morgan fingerprint density at radius 2 is 1.08 bits per heavy atom. The molecule has 0 amide bonds. The molecular formula is C19H16FNO3S2. The highest BCUT2D eigenvalue weighted by Gasteiger charge is 2.30. The highest BCUT2D eigenvalue weighted by Crippen LogP contribution is 2.34. The number of rotatable bonds is 5. The molecule has 0 unspecified atom stereocenters. The second-order valence-corrected chi connectivity index (χ2v) is 9.51. The van der Waals surface area contributed by atoms with E-state index in [0.29, 0.717) is 0 Å². The molecule has 0 heterocycles. The molecule has 0 aliphatic rings. The molecule has 0 aromatic heterocycles. The van der Waals surface area contributed by atoms with Crippen LogP contribution < -0.4 is 0 Å². The molecule has 3 rings (SSSR count). The van der Waals surface area contributed by atoms with Gasteiger partial charge in [-0.15, -0.1) is 0 Å². The van der Waals surface area contributed by atoms with E-state index in [0.717, 1.165) is 0 Å². The summed E-state index contributed by atoms with van der Waals surface area (Å²) in [5.74, 6) is 0. The van der Waals surface area contributed by atoms with E-state index in [1.807, 2.05) is 0 Å². The van der Waals surface area contributed by atoms with Crippen molar-refractivity contribution in [2.75, 3.05) is 0 Å². The number of benzene rings is 3. The van der Waals surface area contributed by atoms with Gasteiger partial charge in [0, 0.05) is 0 Å². The minimum absolute atomic E-state index is 0.0239. The van der Waals surface area contributed by atoms with Gasteiger partial charge in [0.1, 0.15) is 9.73 Å². The minimum Gasteiger partial charge on any atom is -0.240 e. The Morgan fingerprint density at radius 1 is 0.654 bits per heavy atom. The molecule has 3 aromatic rings. The normalized spacial score (nSPS) is 15.0. The van der Waals surface area contributed by atoms with E-state index in [4.69, 9.17) is 0 Å². The Bertz CT molecular complexity index is 1090. The molecule has 2 atom stereocenters. The first-order valence-electron chi connectivity index (χ1n) is 7.75. The number of sulfonamides is 1. The summed E-state index contributed by atoms with van der Waals surface area (Å²) in [4.78, 5) is -0.111. The van der Waals surface area contributed by atoms with Crippen molar-refractivity contribution in [1.82, 2.24) is 0 Å². The molecule has 0 aliphatic carbocycles. The second kappa shape index (κ2) is 7.39. The van der Waals surface area contributed by atoms with Crippen LogP contribution in [0.25, 0.3) is 0 Å². The lowest BCUT2D eigenvalue weighted by Gasteiger charge is -2.15. The fourth-order valence-corrected chi connectivity index (χ4v) is 6.36. The van der Waals surface area contributed by atoms with Gasteiger partial charge in [-0.25, -0.2) is 8.60 Å². The van der Waals surface area contributed by atoms with Crippen LogP contribution in [0, 0.1) is 0 Å². The summed E-state index contributed by atoms with van der Waals surface area (Å²) in [5.41, 5.74) is -1.99. The maximum atomic E-state index is 15.3. The molecule has 0 saturated carbocycles. The standard InChI is InChI=1S/C19H16FNO3S2/c20-19(16-10-4-1-5-11-16)25(22,17-12-6-2-7-13-17)21-26(23,24)18-14-8-3-9-15-18/h1-15,19H/t19-,25+/m0/s1. The predicted molar refractivity (Wildman–Crippen MR) is 99.2 cm³/mol. The van der Waals surface area contributed by atoms with Crippen molar-refractivity contribution in [2.45, 2.75) is 15.3 Å². The fourth-order valence-electron chi connectivity index (χ4n) is 2.39. The molecule has 7 heteroatoms. The van der Waals surface area contributed by atoms with Crippen LogP contribution in [-0.2, 0) is 19.8 Å². The maximum Gasteiger partial charge on any atom is 0.290 e. The van der Waals surface area contributed by atoms with Gasteiger partial charge >= 0.3 is 0 Å². The number of nitrogens with zero attached hydrogens (tertiary/aromatic N) is 1. The summed E-state index contributed by atoms with van der Waals surface area (Å²) in [7, 11) is -8.24. The monoisotopic (exact) mass is 389 g/mol. The highest BCUT2D eigenvalue weighted by molar-refractivity contribution is 8.03. The van der Waals surface area contributed by atoms with Gasteiger partial charge in [0.25, 0.3) is 10.0 Å². The average Bonchev–Trinajstić information content (AvgIpc) is 2.69. The Labute approximate surface area is 152 Å². The Kier molecular flexibility index (Phi) is 5.20. The molecule has 0 aliphatic heterocycles. The molecule has 3 aromatic carbocycles. The lowest BCUT2D eigenvalue weighted by molar-refractivity contribution is 0.450. The molecular weight excluding hydrogens is 373 g/mol. The van der Waals surface area contributed by atoms with Crippen LogP contribution >= 0.6 is 0 Å². The van der Waals surface area contributed by atoms with E-state index in [-0.39, 0.29) is 15.4 Å². The molecule has 0 saturated heterocycles. The summed E-state index contributed by atoms with van der Waals surface area (Å²) in [6.45, 7) is 0. The molecule has 4 nitrogen and oxygen atoms in total. The van der Waals surface area contributed by atoms with Crippen molar-refractivity contribution in [3.8, 4) is 0 Å². The van der Waals surface area contributed by atoms with E-state index in [1.54, 1.807) is 42.5 Å². The van der Waals surface area contributed by atoms with Crippen molar-refractivity contribution in [1.29, 1.82) is 0 Å². The van der Waals surface area contributed by atoms with Gasteiger partial charge in [0.2, 0.25) is 5.50 Å². The van der Waals surface area contributed by atoms with E-state index in [9.17, 15) is 12.6 Å². The van der Waals surface area contributed by atoms with E-state index in [1.165, 1.54) is 48.5 Å². The largest absolute Gasteiger partial charge is 0.290 e. The van der Waals surface area contributed by atoms with Crippen LogP contribution in [0.3, 0.4) is 0 Å². The van der Waals surface area contributed by atoms with Gasteiger partial charge < -0.3 is 0 Å². The van der Waals surface area contributed by atoms with Gasteiger partial charge in [0.15, 0.2) is 0 Å². The van der Waals surface area contributed by atoms with Crippen LogP contribution in [0.5, 0.6) is 0 Å². The zero-order valence-electron chi connectivity index (χ0n) is 13.6. The lowest BCUT2D eigenvalue weighted by Crippen LogP contribution is -2.13. The molecule has 0 N–H and O–H groups in total. The first-order valence-corrected chi connectivity index (χ1v) is 10.8. The predicted octanol–water partition coefficient (Wildman–Crippen LogP) is 4.57. The van der Waals surface area contributed by atoms with Crippen LogP contribution in [0.15, 0.2) is 105 Å². The van der Waals surface area contributed by atoms with Crippen LogP contribution in [0.2, 0.25) is 0 Å². The van der Waals surface area contributed by atoms with Crippen LogP contribution in [-0.4, -0.2) is 12.6 Å². The molecule has 0 fully saturated rings. The van der Waals surface area contributed by atoms with Gasteiger partial charge in [-0.1, -0.05) is 70.5 Å². The highest BCUT2D eigenvalue weighted by atomic mass is 32.3. The Balaban J connectivity index is 2.24. The smallest absolute Gasteiger partial charge is 0.240 e. The summed E-state index contributed by atoms with van der Waals surface area (Å²) in [5, 5.41) is 0. The van der Waals surface area contributed by atoms with Crippen molar-refractivity contribution >= 4 is 19.8 Å². The van der Waals surface area contributed by atoms with Crippen molar-refractivity contribution < 1.29 is 17.0 Å². The molecule has 0 bridgehead atoms. The molecule has 26 heavy (non-hydrogen) atoms. The third-order valence-corrected chi connectivity index (χ3v) is 7.99. The zero-order valence-corrected chi connectivity index (χ0v) is 15.2. The molecule has 0 radical (unpaired) electrons. The SMILES string of the molecule is O=S(=O)(N=[S@@](=O)(c1ccccc1)[C@H](F)c1ccccc1)c1ccccc1. The third-order valence-electron chi connectivity index (χ3n) is 3.67. The topological polar surface area (TPSA) is 63.6 Å². The summed E-state index contributed by atoms with van der Waals surface area (Å²) in [6.07, 6.45) is 0. The fraction of sp³-hybridized carbons (Fsp3) is 0.0526. The van der Waals surface area contributed by atoms with E-state index < -0.39 is 25.3 Å². The van der Waals surface area contributed by atoms with Gasteiger partial charge in [0.05, 0.1) is 9.79 Å². The zero-order chi connectivity index (χ0) is 18.6. The van der Waals surface area contributed by atoms with Gasteiger partial charge in [-0.05, 0) is 29.8 Å². The quantitative estimate of drug-likeness (QED) is 0.642. The summed E-state index contributed by atoms with van der Waals surface area (Å²) in [6, 6.07) is 22.8. The lowest BCUT2D eigenvalue weighted by atomic mass is 10.2. The number of halogens is 1. The molecule has 134 valence electrons. The van der Waals surface area contributed by atoms with Gasteiger partial charge in [-0.3, -0.25) is 0 Å². The van der Waals surface area contributed by atoms with Gasteiger partial charge in [-0.2, -0.15) is 8.42 Å². The Hall–Kier alpha value is -2.51. The number of hydrogen-bond donors (Lipinski definition) is 0. The second-order valence-electron chi connectivity index (χ2n) is 5.47. The summed E-state index contributed by atoms with van der Waals surface area (Å²) < 4.78 is 57.7. The number of alkyl halides is 1. The van der Waals surface area contributed by atoms with Crippen molar-refractivity contribution in [2.24, 2.45) is 3.77 Å². The van der Waals surface area contributed by atoms with Crippen LogP contribution in [0.1, 0.15) is 11.1 Å². The van der Waals surface area contributed by atoms with Crippen molar-refractivity contribution in [3.05, 3.63) is 96.6 Å². The maximum absolute atomic E-state index is 15.3. The minimum atomic E-state index is -4.31. The number of hydrogen-bond acceptors (Lipinski definition) is 3. The summed E-state index contributed by atoms with van der Waals surface area (Å²) >= 11 is 0. The van der Waals surface area contributed by atoms with E-state index >= 15 is 4.39 Å². The average molecular weight is 389 g/mol. The van der Waals surface area contributed by atoms with E-state index in [2.05, 4.69) is 3.77 Å². The van der Waals surface area contributed by atoms with Crippen LogP contribution in [0.4, 0.5) is 4.39 Å². The first-order chi connectivity index (χ1) is 12.4. The Morgan fingerprint density at radius 3 is 1.58 bits per heavy atom. The van der Waals surface area contributed by atoms with Crippen molar-refractivity contribution in [3.63, 3.8) is 0 Å². The molecule has 0 spiro atoms.